The molecular weight excluding hydrogens is 437 g/mol. The fraction of sp³-hybridized carbons (Fsp3) is 0.567. The van der Waals surface area contributed by atoms with Crippen LogP contribution in [0.2, 0.25) is 0 Å². The Bertz CT molecular complexity index is 1000. The number of carbonyl (C=O) groups excluding carboxylic acids is 1. The summed E-state index contributed by atoms with van der Waals surface area (Å²) < 4.78 is 14.2. The number of anilines is 2. The summed E-state index contributed by atoms with van der Waals surface area (Å²) in [5, 5.41) is 10.2. The SMILES string of the molecule is Cc1ccc(F)c2c1NC(C(=O)Nc1cccc(C3CCC4(CCCCCCCCC4)CN3)c1)C2. The lowest BCUT2D eigenvalue weighted by atomic mass is 9.70. The van der Waals surface area contributed by atoms with Gasteiger partial charge in [0.25, 0.3) is 0 Å². The zero-order valence-corrected chi connectivity index (χ0v) is 21.1. The Balaban J connectivity index is 1.19. The fourth-order valence-electron chi connectivity index (χ4n) is 6.49. The van der Waals surface area contributed by atoms with Crippen molar-refractivity contribution in [2.45, 2.75) is 96.1 Å². The molecule has 1 saturated carbocycles. The molecule has 2 aromatic rings. The van der Waals surface area contributed by atoms with Gasteiger partial charge in [-0.05, 0) is 67.3 Å². The monoisotopic (exact) mass is 477 g/mol. The van der Waals surface area contributed by atoms with Gasteiger partial charge in [-0.3, -0.25) is 4.79 Å². The van der Waals surface area contributed by atoms with E-state index in [1.165, 1.54) is 75.8 Å². The maximum absolute atomic E-state index is 14.2. The Morgan fingerprint density at radius 2 is 1.74 bits per heavy atom. The van der Waals surface area contributed by atoms with E-state index in [0.717, 1.165) is 29.9 Å². The van der Waals surface area contributed by atoms with Crippen LogP contribution in [0.5, 0.6) is 0 Å². The molecule has 0 radical (unpaired) electrons. The van der Waals surface area contributed by atoms with Crippen LogP contribution >= 0.6 is 0 Å². The standard InChI is InChI=1S/C30H40FN3O/c1-21-12-13-25(31)24-19-27(34-28(21)24)29(35)33-23-11-9-10-22(18-23)26-14-17-30(20-32-26)15-7-5-3-2-4-6-8-16-30/h9-13,18,26-27,32,34H,2-8,14-17,19-20H2,1H3,(H,33,35). The van der Waals surface area contributed by atoms with Crippen molar-refractivity contribution >= 4 is 17.3 Å². The predicted octanol–water partition coefficient (Wildman–Crippen LogP) is 7.04. The Hall–Kier alpha value is -2.40. The number of hydrogen-bond acceptors (Lipinski definition) is 3. The number of benzene rings is 2. The van der Waals surface area contributed by atoms with Crippen molar-refractivity contribution in [3.8, 4) is 0 Å². The van der Waals surface area contributed by atoms with Crippen LogP contribution in [0.4, 0.5) is 15.8 Å². The minimum absolute atomic E-state index is 0.116. The molecule has 35 heavy (non-hydrogen) atoms. The van der Waals surface area contributed by atoms with E-state index < -0.39 is 6.04 Å². The molecule has 3 N–H and O–H groups in total. The number of hydrogen-bond donors (Lipinski definition) is 3. The summed E-state index contributed by atoms with van der Waals surface area (Å²) in [6.45, 7) is 3.04. The largest absolute Gasteiger partial charge is 0.373 e. The number of amides is 1. The van der Waals surface area contributed by atoms with Crippen LogP contribution in [-0.4, -0.2) is 18.5 Å². The Kier molecular flexibility index (Phi) is 7.43. The Labute approximate surface area is 209 Å². The van der Waals surface area contributed by atoms with E-state index in [4.69, 9.17) is 0 Å². The first kappa shape index (κ1) is 24.3. The van der Waals surface area contributed by atoms with Gasteiger partial charge in [0.15, 0.2) is 0 Å². The van der Waals surface area contributed by atoms with Crippen LogP contribution in [0.15, 0.2) is 36.4 Å². The van der Waals surface area contributed by atoms with E-state index in [2.05, 4.69) is 28.1 Å². The lowest BCUT2D eigenvalue weighted by Gasteiger charge is -2.42. The molecule has 2 aliphatic heterocycles. The molecule has 1 saturated heterocycles. The molecule has 2 fully saturated rings. The molecule has 5 rings (SSSR count). The van der Waals surface area contributed by atoms with E-state index in [1.807, 2.05) is 19.1 Å². The highest BCUT2D eigenvalue weighted by atomic mass is 19.1. The second-order valence-corrected chi connectivity index (χ2v) is 11.2. The minimum atomic E-state index is -0.454. The number of nitrogens with one attached hydrogen (secondary N) is 3. The smallest absolute Gasteiger partial charge is 0.247 e. The van der Waals surface area contributed by atoms with Crippen molar-refractivity contribution in [3.63, 3.8) is 0 Å². The lowest BCUT2D eigenvalue weighted by Crippen LogP contribution is -2.42. The van der Waals surface area contributed by atoms with Crippen molar-refractivity contribution in [3.05, 3.63) is 58.9 Å². The number of rotatable bonds is 3. The molecule has 2 aromatic carbocycles. The summed E-state index contributed by atoms with van der Waals surface area (Å²) in [6.07, 6.45) is 15.3. The molecule has 2 atom stereocenters. The quantitative estimate of drug-likeness (QED) is 0.444. The van der Waals surface area contributed by atoms with E-state index in [1.54, 1.807) is 6.07 Å². The van der Waals surface area contributed by atoms with Gasteiger partial charge in [0.2, 0.25) is 5.91 Å². The predicted molar refractivity (Wildman–Crippen MR) is 141 cm³/mol. The van der Waals surface area contributed by atoms with Gasteiger partial charge in [-0.25, -0.2) is 4.39 Å². The molecule has 5 heteroatoms. The molecule has 2 heterocycles. The summed E-state index contributed by atoms with van der Waals surface area (Å²) in [7, 11) is 0. The van der Waals surface area contributed by atoms with Crippen molar-refractivity contribution in [1.29, 1.82) is 0 Å². The molecule has 1 amide bonds. The van der Waals surface area contributed by atoms with Crippen molar-refractivity contribution < 1.29 is 9.18 Å². The zero-order chi connectivity index (χ0) is 24.3. The summed E-state index contributed by atoms with van der Waals surface area (Å²) in [4.78, 5) is 13.0. The summed E-state index contributed by atoms with van der Waals surface area (Å²) in [5.74, 6) is -0.360. The topological polar surface area (TPSA) is 53.2 Å². The minimum Gasteiger partial charge on any atom is -0.373 e. The van der Waals surface area contributed by atoms with Crippen molar-refractivity contribution in [2.24, 2.45) is 5.41 Å². The molecule has 3 aliphatic rings. The number of piperidine rings is 1. The first-order valence-electron chi connectivity index (χ1n) is 13.7. The van der Waals surface area contributed by atoms with E-state index in [-0.39, 0.29) is 11.7 Å². The molecular formula is C30H40FN3O. The van der Waals surface area contributed by atoms with Crippen molar-refractivity contribution in [2.75, 3.05) is 17.2 Å². The summed E-state index contributed by atoms with van der Waals surface area (Å²) in [5.41, 5.74) is 4.86. The molecule has 4 nitrogen and oxygen atoms in total. The zero-order valence-electron chi connectivity index (χ0n) is 21.1. The van der Waals surface area contributed by atoms with E-state index in [9.17, 15) is 9.18 Å². The number of carbonyl (C=O) groups is 1. The van der Waals surface area contributed by atoms with Gasteiger partial charge in [-0.2, -0.15) is 0 Å². The molecule has 1 spiro atoms. The number of fused-ring (bicyclic) bond motifs is 1. The van der Waals surface area contributed by atoms with Crippen LogP contribution in [0.3, 0.4) is 0 Å². The van der Waals surface area contributed by atoms with Crippen LogP contribution in [0, 0.1) is 18.2 Å². The Morgan fingerprint density at radius 3 is 2.43 bits per heavy atom. The van der Waals surface area contributed by atoms with Gasteiger partial charge < -0.3 is 16.0 Å². The average Bonchev–Trinajstić information content (AvgIpc) is 3.34. The highest BCUT2D eigenvalue weighted by Gasteiger charge is 2.35. The number of aryl methyl sites for hydroxylation is 1. The van der Waals surface area contributed by atoms with Gasteiger partial charge in [-0.15, -0.1) is 0 Å². The van der Waals surface area contributed by atoms with Crippen LogP contribution in [0.1, 0.15) is 93.4 Å². The normalized spacial score (nSPS) is 24.4. The first-order chi connectivity index (χ1) is 17.0. The third-order valence-electron chi connectivity index (χ3n) is 8.66. The summed E-state index contributed by atoms with van der Waals surface area (Å²) >= 11 is 0. The van der Waals surface area contributed by atoms with Gasteiger partial charge >= 0.3 is 0 Å². The molecule has 0 aromatic heterocycles. The molecule has 0 bridgehead atoms. The number of halogens is 1. The van der Waals surface area contributed by atoms with Gasteiger partial charge in [0.1, 0.15) is 11.9 Å². The molecule has 1 aliphatic carbocycles. The third-order valence-corrected chi connectivity index (χ3v) is 8.66. The maximum Gasteiger partial charge on any atom is 0.247 e. The second-order valence-electron chi connectivity index (χ2n) is 11.2. The van der Waals surface area contributed by atoms with E-state index in [0.29, 0.717) is 23.4 Å². The third kappa shape index (κ3) is 5.55. The first-order valence-corrected chi connectivity index (χ1v) is 13.7. The fourth-order valence-corrected chi connectivity index (χ4v) is 6.49. The highest BCUT2D eigenvalue weighted by Crippen LogP contribution is 2.42. The second kappa shape index (κ2) is 10.7. The summed E-state index contributed by atoms with van der Waals surface area (Å²) in [6, 6.07) is 11.4. The Morgan fingerprint density at radius 1 is 1.00 bits per heavy atom. The van der Waals surface area contributed by atoms with Gasteiger partial charge in [0, 0.05) is 35.9 Å². The molecule has 188 valence electrons. The van der Waals surface area contributed by atoms with Crippen LogP contribution < -0.4 is 16.0 Å². The van der Waals surface area contributed by atoms with Gasteiger partial charge in [-0.1, -0.05) is 63.1 Å². The van der Waals surface area contributed by atoms with Gasteiger partial charge in [0.05, 0.1) is 0 Å². The molecule has 2 unspecified atom stereocenters. The lowest BCUT2D eigenvalue weighted by molar-refractivity contribution is -0.116. The van der Waals surface area contributed by atoms with E-state index >= 15 is 0 Å². The maximum atomic E-state index is 14.2. The highest BCUT2D eigenvalue weighted by molar-refractivity contribution is 5.98. The van der Waals surface area contributed by atoms with Crippen LogP contribution in [-0.2, 0) is 11.2 Å². The van der Waals surface area contributed by atoms with Crippen LogP contribution in [0.25, 0.3) is 0 Å². The average molecular weight is 478 g/mol. The van der Waals surface area contributed by atoms with Crippen molar-refractivity contribution in [1.82, 2.24) is 5.32 Å².